The van der Waals surface area contributed by atoms with Crippen molar-refractivity contribution >= 4 is 57.4 Å². The Labute approximate surface area is 326 Å². The molecule has 0 heterocycles. The van der Waals surface area contributed by atoms with Crippen molar-refractivity contribution < 1.29 is 0 Å². The van der Waals surface area contributed by atoms with Crippen LogP contribution in [-0.2, 0) is 0 Å². The maximum Gasteiger partial charge on any atom is 0.246 e. The van der Waals surface area contributed by atoms with Gasteiger partial charge in [-0.2, -0.15) is 0 Å². The molecule has 0 unspecified atom stereocenters. The highest BCUT2D eigenvalue weighted by Crippen LogP contribution is 2.40. The second kappa shape index (κ2) is 15.0. The van der Waals surface area contributed by atoms with Crippen LogP contribution in [0.25, 0.3) is 0 Å². The van der Waals surface area contributed by atoms with Crippen LogP contribution in [0, 0.1) is 0 Å². The third-order valence-electron chi connectivity index (χ3n) is 10.1. The van der Waals surface area contributed by atoms with E-state index in [1.165, 1.54) is 0 Å². The zero-order valence-corrected chi connectivity index (χ0v) is 35.8. The van der Waals surface area contributed by atoms with Gasteiger partial charge in [-0.05, 0) is 30.4 Å². The van der Waals surface area contributed by atoms with E-state index in [4.69, 9.17) is 30.0 Å². The molecule has 0 amide bonds. The molecule has 55 heavy (non-hydrogen) atoms. The first-order valence-corrected chi connectivity index (χ1v) is 18.9. The van der Waals surface area contributed by atoms with E-state index in [0.717, 1.165) is 97.3 Å². The second-order valence-corrected chi connectivity index (χ2v) is 16.2. The van der Waals surface area contributed by atoms with Gasteiger partial charge in [-0.25, -0.2) is 30.0 Å². The van der Waals surface area contributed by atoms with Gasteiger partial charge in [-0.3, -0.25) is 0 Å². The lowest BCUT2D eigenvalue weighted by Gasteiger charge is -2.16. The third kappa shape index (κ3) is 7.90. The molecule has 0 bridgehead atoms. The molecule has 0 radical (unpaired) electrons. The average Bonchev–Trinajstić information content (AvgIpc) is 3.92. The van der Waals surface area contributed by atoms with Crippen molar-refractivity contribution in [2.24, 2.45) is 30.0 Å². The molecule has 1 aliphatic rings. The Hall–Kier alpha value is -5.40. The molecular weight excluding hydrogens is 689 g/mol. The Kier molecular flexibility index (Phi) is 10.7. The molecule has 0 aliphatic heterocycles. The summed E-state index contributed by atoms with van der Waals surface area (Å²) in [6.45, 7) is 0. The summed E-state index contributed by atoms with van der Waals surface area (Å²) in [5.41, 5.74) is 11.1. The molecule has 6 rings (SSSR count). The predicted octanol–water partition coefficient (Wildman–Crippen LogP) is 3.10. The summed E-state index contributed by atoms with van der Waals surface area (Å²) in [6, 6.07) is 8.29. The van der Waals surface area contributed by atoms with Crippen LogP contribution in [0.2, 0.25) is 0 Å². The molecule has 14 heteroatoms. The van der Waals surface area contributed by atoms with E-state index in [-0.39, 0.29) is 12.1 Å². The number of guanidine groups is 2. The molecule has 0 fully saturated rings. The van der Waals surface area contributed by atoms with Gasteiger partial charge in [0.2, 0.25) is 11.9 Å². The van der Waals surface area contributed by atoms with Crippen LogP contribution >= 0.6 is 0 Å². The van der Waals surface area contributed by atoms with Crippen LogP contribution in [-0.4, -0.2) is 125 Å². The average molecular weight is 749 g/mol. The number of rotatable bonds is 10. The van der Waals surface area contributed by atoms with Gasteiger partial charge in [0.25, 0.3) is 0 Å². The van der Waals surface area contributed by atoms with Gasteiger partial charge in [-0.1, -0.05) is 24.3 Å². The summed E-state index contributed by atoms with van der Waals surface area (Å²) in [4.78, 5) is 48.3. The van der Waals surface area contributed by atoms with Crippen LogP contribution in [0.3, 0.4) is 0 Å². The van der Waals surface area contributed by atoms with Crippen molar-refractivity contribution in [3.8, 4) is 0 Å². The first kappa shape index (κ1) is 39.3. The van der Waals surface area contributed by atoms with Crippen LogP contribution < -0.4 is 60.6 Å². The Morgan fingerprint density at radius 3 is 0.800 bits per heavy atom. The van der Waals surface area contributed by atoms with Crippen molar-refractivity contribution in [1.82, 2.24) is 0 Å². The van der Waals surface area contributed by atoms with Gasteiger partial charge in [-0.15, -0.1) is 0 Å². The molecule has 0 N–H and O–H groups in total. The van der Waals surface area contributed by atoms with Gasteiger partial charge >= 0.3 is 0 Å². The van der Waals surface area contributed by atoms with E-state index in [1.807, 2.05) is 0 Å². The van der Waals surface area contributed by atoms with Crippen molar-refractivity contribution in [2.45, 2.75) is 31.3 Å². The maximum atomic E-state index is 5.40. The van der Waals surface area contributed by atoms with E-state index in [9.17, 15) is 0 Å². The van der Waals surface area contributed by atoms with Crippen molar-refractivity contribution in [1.29, 1.82) is 0 Å². The molecule has 0 saturated carbocycles. The lowest BCUT2D eigenvalue weighted by molar-refractivity contribution is 0.579. The highest BCUT2D eigenvalue weighted by atomic mass is 15.2. The maximum absolute atomic E-state index is 5.40. The molecular formula is C41H60N14. The fourth-order valence-corrected chi connectivity index (χ4v) is 7.49. The third-order valence-corrected chi connectivity index (χ3v) is 10.1. The van der Waals surface area contributed by atoms with Crippen LogP contribution in [0.4, 0.5) is 45.5 Å². The molecule has 0 spiro atoms. The zero-order valence-electron chi connectivity index (χ0n) is 35.8. The standard InChI is InChI=1S/C41H60N14/c1-48(2)32-28(33(32)49(3)4)44-40(45-29-34(50(5)6)35(29)51(7)8)42-26-22-19-23-27(25-21-18-17-20-24(25)26)43-41(46-30-36(52(9)10)37(30)53(11)12)47-31-38(54(13)14)39(31)55(15)16/h17-18,20-21,26-27H,19,22-23H2,1-16H3/t26-,27+. The number of fused-ring (bicyclic) bond motifs is 1. The number of nitrogens with zero attached hydrogens (tertiary/aromatic N) is 14. The minimum atomic E-state index is -0.147. The number of aliphatic imine (C=N–C) groups is 2. The van der Waals surface area contributed by atoms with E-state index in [0.29, 0.717) is 11.9 Å². The number of hydrogen-bond donors (Lipinski definition) is 0. The summed E-state index contributed by atoms with van der Waals surface area (Å²) >= 11 is 0. The fourth-order valence-electron chi connectivity index (χ4n) is 7.49. The highest BCUT2D eigenvalue weighted by molar-refractivity contribution is 5.94. The van der Waals surface area contributed by atoms with E-state index < -0.39 is 0 Å². The predicted molar refractivity (Wildman–Crippen MR) is 233 cm³/mol. The number of anilines is 8. The Bertz CT molecular complexity index is 1920. The SMILES string of the molecule is CN(C)c1c(N(C)C)c1=NC(=N[C@H]1CCC[C@@H](N=C(N=c2c(N(C)C)c2N(C)C)N=c2c(N(C)C)c2N(C)C)c2ccccc21)N=c1c(N(C)C)c1N(C)C. The molecule has 5 aromatic rings. The van der Waals surface area contributed by atoms with Gasteiger partial charge < -0.3 is 39.2 Å². The van der Waals surface area contributed by atoms with Gasteiger partial charge in [0.1, 0.15) is 21.4 Å². The first-order valence-electron chi connectivity index (χ1n) is 18.9. The number of hydrogen-bond acceptors (Lipinski definition) is 10. The summed E-state index contributed by atoms with van der Waals surface area (Å²) in [7, 11) is 32.8. The van der Waals surface area contributed by atoms with E-state index in [1.54, 1.807) is 0 Å². The molecule has 5 aromatic carbocycles. The largest absolute Gasteiger partial charge is 0.374 e. The van der Waals surface area contributed by atoms with Crippen molar-refractivity contribution in [3.63, 3.8) is 0 Å². The summed E-state index contributed by atoms with van der Waals surface area (Å²) in [5.74, 6) is 0.967. The highest BCUT2D eigenvalue weighted by Gasteiger charge is 2.31. The zero-order chi connectivity index (χ0) is 40.2. The minimum absolute atomic E-state index is 0.147. The Morgan fingerprint density at radius 2 is 0.600 bits per heavy atom. The smallest absolute Gasteiger partial charge is 0.246 e. The van der Waals surface area contributed by atoms with Crippen LogP contribution in [0.15, 0.2) is 54.2 Å². The fraction of sp³-hybridized carbons (Fsp3) is 0.512. The second-order valence-electron chi connectivity index (χ2n) is 16.2. The summed E-state index contributed by atoms with van der Waals surface area (Å²) in [5, 5.41) is 3.70. The van der Waals surface area contributed by atoms with Gasteiger partial charge in [0, 0.05) is 113 Å². The van der Waals surface area contributed by atoms with E-state index in [2.05, 4.69) is 176 Å². The van der Waals surface area contributed by atoms with Gasteiger partial charge in [0.15, 0.2) is 0 Å². The monoisotopic (exact) mass is 749 g/mol. The lowest BCUT2D eigenvalue weighted by atomic mass is 9.97. The summed E-state index contributed by atoms with van der Waals surface area (Å²) < 4.78 is 0. The molecule has 294 valence electrons. The van der Waals surface area contributed by atoms with Crippen LogP contribution in [0.5, 0.6) is 0 Å². The molecule has 1 aliphatic carbocycles. The quantitative estimate of drug-likeness (QED) is 0.122. The van der Waals surface area contributed by atoms with Crippen molar-refractivity contribution in [3.05, 3.63) is 56.8 Å². The van der Waals surface area contributed by atoms with Crippen molar-refractivity contribution in [2.75, 3.05) is 152 Å². The summed E-state index contributed by atoms with van der Waals surface area (Å²) in [6.07, 6.45) is 2.61. The van der Waals surface area contributed by atoms with E-state index >= 15 is 0 Å². The topological polar surface area (TPSA) is 100 Å². The minimum Gasteiger partial charge on any atom is -0.374 e. The number of benzene rings is 1. The molecule has 14 nitrogen and oxygen atoms in total. The van der Waals surface area contributed by atoms with Crippen LogP contribution in [0.1, 0.15) is 42.5 Å². The lowest BCUT2D eigenvalue weighted by Crippen LogP contribution is -2.12. The molecule has 0 saturated heterocycles. The van der Waals surface area contributed by atoms with Gasteiger partial charge in [0.05, 0.1) is 57.6 Å². The first-order chi connectivity index (χ1) is 25.9. The normalized spacial score (nSPS) is 15.4. The molecule has 2 atom stereocenters. The Balaban J connectivity index is 1.49. The Morgan fingerprint density at radius 1 is 0.382 bits per heavy atom. The molecule has 0 aromatic heterocycles.